The summed E-state index contributed by atoms with van der Waals surface area (Å²) in [4.78, 5) is 24.7. The standard InChI is InChI=1S/C12H23BrN2O3/c1-6-15(10(16)7-13)8-9(2)14-11(17)18-12(3,4)5/h9H,6-8H2,1-5H3,(H,14,17)/t9-/m0/s1. The third-order valence-electron chi connectivity index (χ3n) is 2.11. The molecule has 0 rings (SSSR count). The Bertz CT molecular complexity index is 290. The van der Waals surface area contributed by atoms with Crippen LogP contribution in [0.1, 0.15) is 34.6 Å². The van der Waals surface area contributed by atoms with E-state index in [4.69, 9.17) is 4.74 Å². The molecule has 0 unspecified atom stereocenters. The van der Waals surface area contributed by atoms with Gasteiger partial charge in [0.15, 0.2) is 0 Å². The van der Waals surface area contributed by atoms with Crippen LogP contribution in [0.2, 0.25) is 0 Å². The van der Waals surface area contributed by atoms with Crippen molar-refractivity contribution in [2.45, 2.75) is 46.3 Å². The quantitative estimate of drug-likeness (QED) is 0.789. The van der Waals surface area contributed by atoms with Crippen LogP contribution in [0.3, 0.4) is 0 Å². The zero-order valence-electron chi connectivity index (χ0n) is 11.7. The average Bonchev–Trinajstić information content (AvgIpc) is 2.21. The van der Waals surface area contributed by atoms with Crippen molar-refractivity contribution in [3.05, 3.63) is 0 Å². The van der Waals surface area contributed by atoms with Gasteiger partial charge in [-0.05, 0) is 34.6 Å². The maximum absolute atomic E-state index is 11.5. The van der Waals surface area contributed by atoms with Crippen LogP contribution in [0.5, 0.6) is 0 Å². The molecule has 0 aliphatic carbocycles. The van der Waals surface area contributed by atoms with Crippen LogP contribution < -0.4 is 5.32 Å². The SMILES string of the molecule is CCN(C[C@H](C)NC(=O)OC(C)(C)C)C(=O)CBr. The first-order valence-electron chi connectivity index (χ1n) is 6.02. The normalized spacial score (nSPS) is 12.8. The van der Waals surface area contributed by atoms with Crippen molar-refractivity contribution < 1.29 is 14.3 Å². The van der Waals surface area contributed by atoms with E-state index in [2.05, 4.69) is 21.2 Å². The lowest BCUT2D eigenvalue weighted by molar-refractivity contribution is -0.128. The highest BCUT2D eigenvalue weighted by atomic mass is 79.9. The molecule has 0 radical (unpaired) electrons. The van der Waals surface area contributed by atoms with Crippen molar-refractivity contribution in [3.63, 3.8) is 0 Å². The van der Waals surface area contributed by atoms with Gasteiger partial charge in [-0.15, -0.1) is 0 Å². The Labute approximate surface area is 117 Å². The summed E-state index contributed by atoms with van der Waals surface area (Å²) < 4.78 is 5.15. The largest absolute Gasteiger partial charge is 0.444 e. The molecule has 0 bridgehead atoms. The van der Waals surface area contributed by atoms with E-state index >= 15 is 0 Å². The van der Waals surface area contributed by atoms with Crippen molar-refractivity contribution in [3.8, 4) is 0 Å². The Kier molecular flexibility index (Phi) is 7.28. The van der Waals surface area contributed by atoms with E-state index < -0.39 is 11.7 Å². The number of hydrogen-bond donors (Lipinski definition) is 1. The summed E-state index contributed by atoms with van der Waals surface area (Å²) in [6, 6.07) is -0.150. The van der Waals surface area contributed by atoms with E-state index in [1.165, 1.54) is 0 Å². The van der Waals surface area contributed by atoms with Gasteiger partial charge in [0.05, 0.1) is 5.33 Å². The predicted molar refractivity (Wildman–Crippen MR) is 74.9 cm³/mol. The van der Waals surface area contributed by atoms with Crippen LogP contribution >= 0.6 is 15.9 Å². The van der Waals surface area contributed by atoms with Crippen LogP contribution in [0, 0.1) is 0 Å². The molecule has 2 amide bonds. The molecule has 18 heavy (non-hydrogen) atoms. The molecule has 0 saturated heterocycles. The molecule has 0 aromatic carbocycles. The molecule has 0 aromatic rings. The van der Waals surface area contributed by atoms with Crippen molar-refractivity contribution in [2.24, 2.45) is 0 Å². The van der Waals surface area contributed by atoms with Gasteiger partial charge in [-0.25, -0.2) is 4.79 Å². The Morgan fingerprint density at radius 1 is 1.39 bits per heavy atom. The first kappa shape index (κ1) is 17.2. The third-order valence-corrected chi connectivity index (χ3v) is 2.59. The van der Waals surface area contributed by atoms with Gasteiger partial charge in [0.25, 0.3) is 0 Å². The summed E-state index contributed by atoms with van der Waals surface area (Å²) in [5.74, 6) is 0.00957. The van der Waals surface area contributed by atoms with E-state index in [0.29, 0.717) is 18.4 Å². The molecule has 6 heteroatoms. The summed E-state index contributed by atoms with van der Waals surface area (Å²) in [5, 5.41) is 3.00. The Hall–Kier alpha value is -0.780. The molecule has 0 saturated carbocycles. The fourth-order valence-electron chi connectivity index (χ4n) is 1.38. The number of alkyl halides is 1. The number of hydrogen-bond acceptors (Lipinski definition) is 3. The lowest BCUT2D eigenvalue weighted by atomic mass is 10.2. The number of carbonyl (C=O) groups is 2. The van der Waals surface area contributed by atoms with Crippen LogP contribution in [0.4, 0.5) is 4.79 Å². The van der Waals surface area contributed by atoms with Gasteiger partial charge in [0.1, 0.15) is 5.60 Å². The predicted octanol–water partition coefficient (Wildman–Crippen LogP) is 2.14. The number of alkyl carbamates (subject to hydrolysis) is 1. The summed E-state index contributed by atoms with van der Waals surface area (Å²) in [5.41, 5.74) is -0.514. The number of ether oxygens (including phenoxy) is 1. The van der Waals surface area contributed by atoms with Gasteiger partial charge in [-0.1, -0.05) is 15.9 Å². The highest BCUT2D eigenvalue weighted by molar-refractivity contribution is 9.09. The minimum atomic E-state index is -0.514. The monoisotopic (exact) mass is 322 g/mol. The lowest BCUT2D eigenvalue weighted by Crippen LogP contribution is -2.46. The van der Waals surface area contributed by atoms with Gasteiger partial charge in [0, 0.05) is 19.1 Å². The summed E-state index contributed by atoms with van der Waals surface area (Å²) in [6.45, 7) is 10.3. The first-order valence-corrected chi connectivity index (χ1v) is 7.15. The number of carbonyl (C=O) groups excluding carboxylic acids is 2. The summed E-state index contributed by atoms with van der Waals surface area (Å²) in [6.07, 6.45) is -0.461. The Morgan fingerprint density at radius 2 is 1.94 bits per heavy atom. The Morgan fingerprint density at radius 3 is 2.33 bits per heavy atom. The highest BCUT2D eigenvalue weighted by Crippen LogP contribution is 2.07. The molecule has 0 aliphatic rings. The van der Waals surface area contributed by atoms with Crippen LogP contribution in [-0.4, -0.2) is 47.0 Å². The summed E-state index contributed by atoms with van der Waals surface area (Å²) >= 11 is 3.13. The van der Waals surface area contributed by atoms with Gasteiger partial charge < -0.3 is 15.0 Å². The molecule has 106 valence electrons. The second-order valence-corrected chi connectivity index (χ2v) is 5.67. The number of rotatable bonds is 5. The second kappa shape index (κ2) is 7.61. The zero-order chi connectivity index (χ0) is 14.3. The van der Waals surface area contributed by atoms with Crippen molar-refractivity contribution in [1.29, 1.82) is 0 Å². The Balaban J connectivity index is 4.21. The van der Waals surface area contributed by atoms with E-state index in [-0.39, 0.29) is 11.9 Å². The number of nitrogens with zero attached hydrogens (tertiary/aromatic N) is 1. The fourth-order valence-corrected chi connectivity index (χ4v) is 1.73. The van der Waals surface area contributed by atoms with Crippen molar-refractivity contribution in [2.75, 3.05) is 18.4 Å². The molecule has 0 aromatic heterocycles. The number of likely N-dealkylation sites (N-methyl/N-ethyl adjacent to an activating group) is 1. The minimum absolute atomic E-state index is 0.00957. The number of halogens is 1. The van der Waals surface area contributed by atoms with E-state index in [0.717, 1.165) is 0 Å². The molecule has 1 atom stereocenters. The first-order chi connectivity index (χ1) is 8.19. The van der Waals surface area contributed by atoms with Crippen LogP contribution in [0.15, 0.2) is 0 Å². The number of amides is 2. The fraction of sp³-hybridized carbons (Fsp3) is 0.833. The molecule has 1 N–H and O–H groups in total. The van der Waals surface area contributed by atoms with E-state index in [1.54, 1.807) is 4.90 Å². The molecular formula is C12H23BrN2O3. The van der Waals surface area contributed by atoms with Crippen LogP contribution in [0.25, 0.3) is 0 Å². The number of nitrogens with one attached hydrogen (secondary N) is 1. The second-order valence-electron chi connectivity index (χ2n) is 5.11. The summed E-state index contributed by atoms with van der Waals surface area (Å²) in [7, 11) is 0. The van der Waals surface area contributed by atoms with Crippen molar-refractivity contribution in [1.82, 2.24) is 10.2 Å². The van der Waals surface area contributed by atoms with Crippen LogP contribution in [-0.2, 0) is 9.53 Å². The third kappa shape index (κ3) is 7.53. The zero-order valence-corrected chi connectivity index (χ0v) is 13.3. The van der Waals surface area contributed by atoms with Gasteiger partial charge in [-0.2, -0.15) is 0 Å². The molecule has 5 nitrogen and oxygen atoms in total. The van der Waals surface area contributed by atoms with E-state index in [9.17, 15) is 9.59 Å². The molecule has 0 heterocycles. The minimum Gasteiger partial charge on any atom is -0.444 e. The lowest BCUT2D eigenvalue weighted by Gasteiger charge is -2.26. The van der Waals surface area contributed by atoms with Gasteiger partial charge in [0.2, 0.25) is 5.91 Å². The topological polar surface area (TPSA) is 58.6 Å². The maximum Gasteiger partial charge on any atom is 0.407 e. The highest BCUT2D eigenvalue weighted by Gasteiger charge is 2.19. The molecule has 0 spiro atoms. The van der Waals surface area contributed by atoms with Gasteiger partial charge in [-0.3, -0.25) is 4.79 Å². The van der Waals surface area contributed by atoms with Gasteiger partial charge >= 0.3 is 6.09 Å². The molecular weight excluding hydrogens is 300 g/mol. The maximum atomic E-state index is 11.5. The van der Waals surface area contributed by atoms with E-state index in [1.807, 2.05) is 34.6 Å². The smallest absolute Gasteiger partial charge is 0.407 e. The molecule has 0 fully saturated rings. The van der Waals surface area contributed by atoms with Crippen molar-refractivity contribution >= 4 is 27.9 Å². The molecule has 0 aliphatic heterocycles. The average molecular weight is 323 g/mol.